The number of carboxylic acid groups (broad SMARTS) is 1. The second-order valence-corrected chi connectivity index (χ2v) is 4.41. The molecule has 0 aromatic heterocycles. The Hall–Kier alpha value is -1.88. The van der Waals surface area contributed by atoms with E-state index in [1.807, 2.05) is 0 Å². The number of carboxylic acids is 1. The van der Waals surface area contributed by atoms with Gasteiger partial charge in [0.25, 0.3) is 5.91 Å². The van der Waals surface area contributed by atoms with Crippen molar-refractivity contribution < 1.29 is 19.5 Å². The zero-order valence-electron chi connectivity index (χ0n) is 9.64. The summed E-state index contributed by atoms with van der Waals surface area (Å²) < 4.78 is 0. The molecule has 0 saturated heterocycles. The number of aliphatic carboxylic acids is 1. The molecule has 96 valence electrons. The van der Waals surface area contributed by atoms with Crippen LogP contribution in [-0.2, 0) is 9.59 Å². The van der Waals surface area contributed by atoms with Gasteiger partial charge in [-0.3, -0.25) is 4.79 Å². The van der Waals surface area contributed by atoms with E-state index in [2.05, 4.69) is 5.32 Å². The zero-order valence-corrected chi connectivity index (χ0v) is 10.4. The van der Waals surface area contributed by atoms with Gasteiger partial charge in [-0.1, -0.05) is 17.7 Å². The first-order valence-electron chi connectivity index (χ1n) is 5.14. The number of hydrogen-bond acceptors (Lipinski definition) is 3. The molecule has 0 aliphatic rings. The van der Waals surface area contributed by atoms with E-state index in [0.29, 0.717) is 11.3 Å². The van der Waals surface area contributed by atoms with Crippen LogP contribution in [0.15, 0.2) is 24.3 Å². The Kier molecular flexibility index (Phi) is 4.44. The van der Waals surface area contributed by atoms with Crippen LogP contribution < -0.4 is 5.32 Å². The van der Waals surface area contributed by atoms with Crippen molar-refractivity contribution in [2.75, 3.05) is 0 Å². The lowest BCUT2D eigenvalue weighted by Crippen LogP contribution is -2.52. The zero-order chi connectivity index (χ0) is 13.8. The maximum Gasteiger partial charge on any atom is 0.329 e. The molecule has 0 saturated carbocycles. The van der Waals surface area contributed by atoms with E-state index in [1.165, 1.54) is 19.1 Å². The van der Waals surface area contributed by atoms with Gasteiger partial charge in [-0.2, -0.15) is 0 Å². The monoisotopic (exact) mass is 269 g/mol. The fourth-order valence-corrected chi connectivity index (χ4v) is 1.50. The Morgan fingerprint density at radius 2 is 2.17 bits per heavy atom. The predicted molar refractivity (Wildman–Crippen MR) is 65.6 cm³/mol. The van der Waals surface area contributed by atoms with Crippen LogP contribution in [0.5, 0.6) is 0 Å². The molecule has 18 heavy (non-hydrogen) atoms. The molecule has 1 amide bonds. The maximum atomic E-state index is 11.8. The normalized spacial score (nSPS) is 13.4. The standard InChI is InChI=1S/C12H12ClNO4/c1-12(5-6-15,11(17)18)14-10(16)8-3-2-4-9(13)7-8/h2-4,6-7H,5H2,1H3,(H,14,16)(H,17,18)/t12-/m1/s1. The van der Waals surface area contributed by atoms with Gasteiger partial charge in [0.05, 0.1) is 0 Å². The summed E-state index contributed by atoms with van der Waals surface area (Å²) in [4.78, 5) is 33.3. The van der Waals surface area contributed by atoms with E-state index in [0.717, 1.165) is 0 Å². The number of nitrogens with one attached hydrogen (secondary N) is 1. The van der Waals surface area contributed by atoms with Gasteiger partial charge in [0, 0.05) is 17.0 Å². The summed E-state index contributed by atoms with van der Waals surface area (Å²) in [5.41, 5.74) is -1.39. The lowest BCUT2D eigenvalue weighted by molar-refractivity contribution is -0.144. The fraction of sp³-hybridized carbons (Fsp3) is 0.250. The number of carbonyl (C=O) groups excluding carboxylic acids is 2. The van der Waals surface area contributed by atoms with Crippen LogP contribution in [0, 0.1) is 0 Å². The summed E-state index contributed by atoms with van der Waals surface area (Å²) in [6, 6.07) is 6.10. The SMILES string of the molecule is C[C@](CC=O)(NC(=O)c1cccc(Cl)c1)C(=O)O. The number of rotatable bonds is 5. The van der Waals surface area contributed by atoms with Crippen LogP contribution in [0.3, 0.4) is 0 Å². The number of aldehydes is 1. The fourth-order valence-electron chi connectivity index (χ4n) is 1.31. The smallest absolute Gasteiger partial charge is 0.329 e. The van der Waals surface area contributed by atoms with Crippen molar-refractivity contribution in [1.29, 1.82) is 0 Å². The molecule has 0 radical (unpaired) electrons. The van der Waals surface area contributed by atoms with E-state index in [9.17, 15) is 14.4 Å². The molecule has 5 nitrogen and oxygen atoms in total. The first-order chi connectivity index (χ1) is 8.39. The third-order valence-corrected chi connectivity index (χ3v) is 2.67. The molecule has 1 aromatic carbocycles. The predicted octanol–water partition coefficient (Wildman–Crippen LogP) is 1.50. The van der Waals surface area contributed by atoms with Gasteiger partial charge in [-0.05, 0) is 25.1 Å². The molecule has 0 aliphatic heterocycles. The highest BCUT2D eigenvalue weighted by Gasteiger charge is 2.34. The minimum atomic E-state index is -1.62. The molecule has 6 heteroatoms. The summed E-state index contributed by atoms with van der Waals surface area (Å²) in [5.74, 6) is -1.87. The molecule has 0 heterocycles. The van der Waals surface area contributed by atoms with Crippen LogP contribution in [0.1, 0.15) is 23.7 Å². The van der Waals surface area contributed by atoms with E-state index < -0.39 is 17.4 Å². The average molecular weight is 270 g/mol. The Morgan fingerprint density at radius 1 is 1.50 bits per heavy atom. The van der Waals surface area contributed by atoms with Gasteiger partial charge in [-0.25, -0.2) is 4.79 Å². The molecule has 1 rings (SSSR count). The van der Waals surface area contributed by atoms with Crippen molar-refractivity contribution in [3.05, 3.63) is 34.9 Å². The molecule has 0 unspecified atom stereocenters. The van der Waals surface area contributed by atoms with E-state index in [-0.39, 0.29) is 12.0 Å². The summed E-state index contributed by atoms with van der Waals surface area (Å²) in [6.07, 6.45) is 0.140. The largest absolute Gasteiger partial charge is 0.480 e. The van der Waals surface area contributed by atoms with Crippen LogP contribution in [0.25, 0.3) is 0 Å². The van der Waals surface area contributed by atoms with Crippen molar-refractivity contribution in [3.63, 3.8) is 0 Å². The number of halogens is 1. The molecule has 0 fully saturated rings. The van der Waals surface area contributed by atoms with Crippen LogP contribution in [-0.4, -0.2) is 28.8 Å². The van der Waals surface area contributed by atoms with Crippen LogP contribution in [0.2, 0.25) is 5.02 Å². The first-order valence-corrected chi connectivity index (χ1v) is 5.52. The average Bonchev–Trinajstić information content (AvgIpc) is 2.29. The highest BCUT2D eigenvalue weighted by Crippen LogP contribution is 2.13. The van der Waals surface area contributed by atoms with Crippen molar-refractivity contribution in [3.8, 4) is 0 Å². The Labute approximate surface area is 109 Å². The summed E-state index contributed by atoms with van der Waals surface area (Å²) in [6.45, 7) is 1.27. The number of carbonyl (C=O) groups is 3. The van der Waals surface area contributed by atoms with E-state index in [1.54, 1.807) is 12.1 Å². The molecule has 0 aliphatic carbocycles. The molecular weight excluding hydrogens is 258 g/mol. The highest BCUT2D eigenvalue weighted by molar-refractivity contribution is 6.31. The second kappa shape index (κ2) is 5.64. The minimum Gasteiger partial charge on any atom is -0.480 e. The quantitative estimate of drug-likeness (QED) is 0.794. The summed E-state index contributed by atoms with van der Waals surface area (Å²) in [5, 5.41) is 11.7. The highest BCUT2D eigenvalue weighted by atomic mass is 35.5. The topological polar surface area (TPSA) is 83.5 Å². The van der Waals surface area contributed by atoms with Gasteiger partial charge in [0.2, 0.25) is 0 Å². The van der Waals surface area contributed by atoms with Crippen molar-refractivity contribution in [2.24, 2.45) is 0 Å². The minimum absolute atomic E-state index is 0.237. The van der Waals surface area contributed by atoms with Crippen LogP contribution >= 0.6 is 11.6 Å². The van der Waals surface area contributed by atoms with E-state index in [4.69, 9.17) is 16.7 Å². The van der Waals surface area contributed by atoms with Gasteiger partial charge in [0.1, 0.15) is 11.8 Å². The molecular formula is C12H12ClNO4. The maximum absolute atomic E-state index is 11.8. The van der Waals surface area contributed by atoms with E-state index >= 15 is 0 Å². The van der Waals surface area contributed by atoms with Crippen LogP contribution in [0.4, 0.5) is 0 Å². The first kappa shape index (κ1) is 14.2. The summed E-state index contributed by atoms with van der Waals surface area (Å²) in [7, 11) is 0. The van der Waals surface area contributed by atoms with Gasteiger partial charge >= 0.3 is 5.97 Å². The molecule has 0 spiro atoms. The third-order valence-electron chi connectivity index (χ3n) is 2.44. The Bertz CT molecular complexity index is 489. The number of benzene rings is 1. The molecule has 2 N–H and O–H groups in total. The lowest BCUT2D eigenvalue weighted by atomic mass is 9.98. The number of amides is 1. The Morgan fingerprint density at radius 3 is 2.67 bits per heavy atom. The van der Waals surface area contributed by atoms with Gasteiger partial charge in [-0.15, -0.1) is 0 Å². The summed E-state index contributed by atoms with van der Waals surface area (Å²) >= 11 is 5.73. The van der Waals surface area contributed by atoms with Crippen molar-refractivity contribution >= 4 is 29.8 Å². The number of hydrogen-bond donors (Lipinski definition) is 2. The third kappa shape index (κ3) is 3.30. The molecule has 0 bridgehead atoms. The van der Waals surface area contributed by atoms with Crippen molar-refractivity contribution in [2.45, 2.75) is 18.9 Å². The van der Waals surface area contributed by atoms with Crippen molar-refractivity contribution in [1.82, 2.24) is 5.32 Å². The second-order valence-electron chi connectivity index (χ2n) is 3.97. The van der Waals surface area contributed by atoms with Gasteiger partial charge in [0.15, 0.2) is 0 Å². The Balaban J connectivity index is 2.92. The molecule has 1 aromatic rings. The van der Waals surface area contributed by atoms with Gasteiger partial charge < -0.3 is 15.2 Å². The molecule has 1 atom stereocenters. The lowest BCUT2D eigenvalue weighted by Gasteiger charge is -2.23.